The molecule has 2 heteroatoms. The predicted octanol–water partition coefficient (Wildman–Crippen LogP) is 4.13. The van der Waals surface area contributed by atoms with Crippen molar-refractivity contribution in [3.8, 4) is 0 Å². The first-order chi connectivity index (χ1) is 4.84. The van der Waals surface area contributed by atoms with Crippen LogP contribution >= 0.6 is 22.1 Å². The van der Waals surface area contributed by atoms with E-state index in [2.05, 4.69) is 22.4 Å². The highest BCUT2D eigenvalue weighted by atomic mass is 79.9. The minimum atomic E-state index is 0.231. The van der Waals surface area contributed by atoms with E-state index in [1.165, 1.54) is 38.3 Å². The maximum atomic E-state index is 3.83. The first-order valence-corrected chi connectivity index (χ1v) is 7.88. The molecule has 1 saturated carbocycles. The van der Waals surface area contributed by atoms with E-state index in [1.54, 1.807) is 0 Å². The Balaban J connectivity index is 2.18. The van der Waals surface area contributed by atoms with Gasteiger partial charge in [0.25, 0.3) is 0 Å². The number of halogens is 1. The van der Waals surface area contributed by atoms with E-state index in [1.807, 2.05) is 0 Å². The van der Waals surface area contributed by atoms with E-state index in [-0.39, 0.29) is 6.62 Å². The summed E-state index contributed by atoms with van der Waals surface area (Å²) in [5.74, 6) is 0. The van der Waals surface area contributed by atoms with Crippen molar-refractivity contribution in [3.05, 3.63) is 0 Å². The van der Waals surface area contributed by atoms with E-state index >= 15 is 0 Å². The van der Waals surface area contributed by atoms with Gasteiger partial charge in [0, 0.05) is 0 Å². The molecule has 1 aliphatic carbocycles. The largest absolute Gasteiger partial charge is 0.0650 e. The molecule has 0 aromatic rings. The maximum Gasteiger partial charge on any atom is -0.0111 e. The quantitative estimate of drug-likeness (QED) is 0.631. The van der Waals surface area contributed by atoms with Gasteiger partial charge in [-0.15, -0.1) is 0 Å². The topological polar surface area (TPSA) is 0 Å². The summed E-state index contributed by atoms with van der Waals surface area (Å²) in [6.45, 7) is 2.51. The Morgan fingerprint density at radius 1 is 1.40 bits per heavy atom. The Morgan fingerprint density at radius 2 is 2.00 bits per heavy atom. The SMILES string of the molecule is CCCP(Br)C1CCCC1. The fourth-order valence-corrected chi connectivity index (χ4v) is 5.59. The summed E-state index contributed by atoms with van der Waals surface area (Å²) in [6.07, 6.45) is 8.75. The number of rotatable bonds is 3. The van der Waals surface area contributed by atoms with E-state index in [9.17, 15) is 0 Å². The zero-order valence-electron chi connectivity index (χ0n) is 6.65. The van der Waals surface area contributed by atoms with Crippen molar-refractivity contribution in [2.24, 2.45) is 0 Å². The molecule has 0 nitrogen and oxygen atoms in total. The van der Waals surface area contributed by atoms with Gasteiger partial charge in [0.1, 0.15) is 0 Å². The molecule has 60 valence electrons. The third kappa shape index (κ3) is 2.51. The Hall–Kier alpha value is 0.910. The van der Waals surface area contributed by atoms with Gasteiger partial charge >= 0.3 is 0 Å². The first-order valence-electron chi connectivity index (χ1n) is 4.27. The summed E-state index contributed by atoms with van der Waals surface area (Å²) in [6, 6.07) is 0. The Bertz CT molecular complexity index is 89.3. The normalized spacial score (nSPS) is 23.4. The molecular formula is C8H16BrP. The van der Waals surface area contributed by atoms with Crippen LogP contribution in [0.3, 0.4) is 0 Å². The fraction of sp³-hybridized carbons (Fsp3) is 1.00. The Kier molecular flexibility index (Phi) is 4.25. The summed E-state index contributed by atoms with van der Waals surface area (Å²) >= 11 is 3.83. The molecule has 0 radical (unpaired) electrons. The number of hydrogen-bond acceptors (Lipinski definition) is 0. The zero-order valence-corrected chi connectivity index (χ0v) is 9.13. The molecule has 0 N–H and O–H groups in total. The van der Waals surface area contributed by atoms with Crippen LogP contribution in [-0.2, 0) is 0 Å². The molecule has 0 amide bonds. The van der Waals surface area contributed by atoms with Crippen LogP contribution in [0.5, 0.6) is 0 Å². The van der Waals surface area contributed by atoms with Gasteiger partial charge < -0.3 is 0 Å². The van der Waals surface area contributed by atoms with E-state index < -0.39 is 0 Å². The van der Waals surface area contributed by atoms with Gasteiger partial charge in [0.05, 0.1) is 0 Å². The van der Waals surface area contributed by atoms with E-state index in [0.29, 0.717) is 0 Å². The molecule has 0 spiro atoms. The van der Waals surface area contributed by atoms with E-state index in [0.717, 1.165) is 5.66 Å². The lowest BCUT2D eigenvalue weighted by Crippen LogP contribution is -1.96. The van der Waals surface area contributed by atoms with Gasteiger partial charge in [0.15, 0.2) is 0 Å². The van der Waals surface area contributed by atoms with Crippen LogP contribution in [0.1, 0.15) is 39.0 Å². The smallest absolute Gasteiger partial charge is 0.0111 e. The second kappa shape index (κ2) is 4.72. The molecule has 0 aromatic carbocycles. The second-order valence-corrected chi connectivity index (χ2v) is 7.77. The Morgan fingerprint density at radius 3 is 2.50 bits per heavy atom. The van der Waals surface area contributed by atoms with Crippen LogP contribution in [0.25, 0.3) is 0 Å². The summed E-state index contributed by atoms with van der Waals surface area (Å²) in [5, 5.41) is 0. The second-order valence-electron chi connectivity index (χ2n) is 3.06. The highest BCUT2D eigenvalue weighted by molar-refractivity contribution is 9.39. The lowest BCUT2D eigenvalue weighted by molar-refractivity contribution is 0.886. The van der Waals surface area contributed by atoms with Gasteiger partial charge in [-0.2, -0.15) is 0 Å². The van der Waals surface area contributed by atoms with Gasteiger partial charge in [-0.3, -0.25) is 0 Å². The van der Waals surface area contributed by atoms with E-state index in [4.69, 9.17) is 0 Å². The molecule has 1 atom stereocenters. The monoisotopic (exact) mass is 222 g/mol. The molecule has 1 rings (SSSR count). The molecule has 0 heterocycles. The molecule has 0 aromatic heterocycles. The number of hydrogen-bond donors (Lipinski definition) is 0. The molecule has 0 bridgehead atoms. The Labute approximate surface area is 73.3 Å². The summed E-state index contributed by atoms with van der Waals surface area (Å²) in [5.41, 5.74) is 1.06. The minimum absolute atomic E-state index is 0.231. The van der Waals surface area contributed by atoms with Crippen molar-refractivity contribution in [2.45, 2.75) is 44.7 Å². The van der Waals surface area contributed by atoms with Crippen molar-refractivity contribution >= 4 is 22.1 Å². The highest BCUT2D eigenvalue weighted by Gasteiger charge is 2.21. The van der Waals surface area contributed by atoms with Crippen LogP contribution in [0.4, 0.5) is 0 Å². The van der Waals surface area contributed by atoms with Crippen molar-refractivity contribution in [1.29, 1.82) is 0 Å². The van der Waals surface area contributed by atoms with Gasteiger partial charge in [-0.05, 0) is 31.3 Å². The van der Waals surface area contributed by atoms with Crippen LogP contribution < -0.4 is 0 Å². The summed E-state index contributed by atoms with van der Waals surface area (Å²) in [4.78, 5) is 0. The molecule has 0 aliphatic heterocycles. The standard InChI is InChI=1S/C8H16BrP/c1-2-7-10(9)8-5-3-4-6-8/h8H,2-7H2,1H3. The molecule has 1 aliphatic rings. The average Bonchev–Trinajstić information content (AvgIpc) is 2.38. The lowest BCUT2D eigenvalue weighted by Gasteiger charge is -2.15. The minimum Gasteiger partial charge on any atom is -0.0650 e. The third-order valence-electron chi connectivity index (χ3n) is 2.16. The summed E-state index contributed by atoms with van der Waals surface area (Å²) < 4.78 is 0. The van der Waals surface area contributed by atoms with Crippen molar-refractivity contribution in [1.82, 2.24) is 0 Å². The molecule has 0 saturated heterocycles. The van der Waals surface area contributed by atoms with Crippen molar-refractivity contribution < 1.29 is 0 Å². The van der Waals surface area contributed by atoms with Gasteiger partial charge in [0.2, 0.25) is 0 Å². The van der Waals surface area contributed by atoms with Crippen LogP contribution in [0.2, 0.25) is 0 Å². The van der Waals surface area contributed by atoms with Gasteiger partial charge in [-0.1, -0.05) is 41.7 Å². The molecule has 1 fully saturated rings. The predicted molar refractivity (Wildman–Crippen MR) is 53.3 cm³/mol. The highest BCUT2D eigenvalue weighted by Crippen LogP contribution is 2.55. The van der Waals surface area contributed by atoms with Crippen LogP contribution in [0, 0.1) is 0 Å². The van der Waals surface area contributed by atoms with Crippen LogP contribution in [0.15, 0.2) is 0 Å². The first kappa shape index (κ1) is 9.00. The van der Waals surface area contributed by atoms with Crippen molar-refractivity contribution in [2.75, 3.05) is 6.16 Å². The zero-order chi connectivity index (χ0) is 7.40. The molecule has 1 unspecified atom stereocenters. The third-order valence-corrected chi connectivity index (χ3v) is 7.14. The summed E-state index contributed by atoms with van der Waals surface area (Å²) in [7, 11) is 0. The van der Waals surface area contributed by atoms with Crippen LogP contribution in [-0.4, -0.2) is 11.8 Å². The average molecular weight is 223 g/mol. The molecular weight excluding hydrogens is 207 g/mol. The lowest BCUT2D eigenvalue weighted by atomic mass is 10.4. The molecule has 10 heavy (non-hydrogen) atoms. The van der Waals surface area contributed by atoms with Crippen molar-refractivity contribution in [3.63, 3.8) is 0 Å². The maximum absolute atomic E-state index is 3.83. The van der Waals surface area contributed by atoms with Gasteiger partial charge in [-0.25, -0.2) is 0 Å². The fourth-order valence-electron chi connectivity index (χ4n) is 1.58.